The van der Waals surface area contributed by atoms with Gasteiger partial charge in [0.15, 0.2) is 0 Å². The first kappa shape index (κ1) is 13.0. The second-order valence-electron chi connectivity index (χ2n) is 4.12. The van der Waals surface area contributed by atoms with Gasteiger partial charge in [0.25, 0.3) is 5.69 Å². The van der Waals surface area contributed by atoms with E-state index in [4.69, 9.17) is 0 Å². The average molecular weight is 260 g/mol. The van der Waals surface area contributed by atoms with Crippen molar-refractivity contribution in [1.29, 1.82) is 0 Å². The van der Waals surface area contributed by atoms with E-state index in [1.54, 1.807) is 0 Å². The third-order valence-corrected chi connectivity index (χ3v) is 2.68. The number of rotatable bonds is 5. The van der Waals surface area contributed by atoms with Crippen LogP contribution in [-0.2, 0) is 6.42 Å². The number of hydrogen-bond acceptors (Lipinski definition) is 3. The lowest BCUT2D eigenvalue weighted by atomic mass is 10.1. The van der Waals surface area contributed by atoms with Crippen LogP contribution in [0.1, 0.15) is 5.56 Å². The van der Waals surface area contributed by atoms with Crippen LogP contribution in [0.5, 0.6) is 0 Å². The molecule has 2 aromatic rings. The minimum Gasteiger partial charge on any atom is -0.384 e. The molecule has 0 atom stereocenters. The number of halogens is 1. The van der Waals surface area contributed by atoms with Crippen molar-refractivity contribution in [1.82, 2.24) is 0 Å². The predicted octanol–water partition coefficient (Wildman–Crippen LogP) is 3.39. The number of hydrogen-bond donors (Lipinski definition) is 1. The molecule has 2 aromatic carbocycles. The summed E-state index contributed by atoms with van der Waals surface area (Å²) in [7, 11) is 0. The quantitative estimate of drug-likeness (QED) is 0.662. The van der Waals surface area contributed by atoms with Gasteiger partial charge in [-0.05, 0) is 18.1 Å². The molecule has 5 heteroatoms. The molecular weight excluding hydrogens is 247 g/mol. The van der Waals surface area contributed by atoms with E-state index in [9.17, 15) is 14.5 Å². The third kappa shape index (κ3) is 3.77. The van der Waals surface area contributed by atoms with Gasteiger partial charge in [0.2, 0.25) is 0 Å². The van der Waals surface area contributed by atoms with Gasteiger partial charge >= 0.3 is 0 Å². The van der Waals surface area contributed by atoms with Gasteiger partial charge < -0.3 is 5.32 Å². The highest BCUT2D eigenvalue weighted by Crippen LogP contribution is 2.19. The van der Waals surface area contributed by atoms with Crippen LogP contribution in [0.2, 0.25) is 0 Å². The van der Waals surface area contributed by atoms with E-state index in [0.717, 1.165) is 18.1 Å². The summed E-state index contributed by atoms with van der Waals surface area (Å²) in [4.78, 5) is 10.0. The molecule has 0 aliphatic carbocycles. The molecule has 0 bridgehead atoms. The Morgan fingerprint density at radius 1 is 1.16 bits per heavy atom. The average Bonchev–Trinajstić information content (AvgIpc) is 2.39. The zero-order chi connectivity index (χ0) is 13.7. The van der Waals surface area contributed by atoms with Crippen LogP contribution in [0.25, 0.3) is 0 Å². The van der Waals surface area contributed by atoms with Gasteiger partial charge in [-0.25, -0.2) is 4.39 Å². The molecule has 0 saturated carbocycles. The highest BCUT2D eigenvalue weighted by atomic mass is 19.1. The maximum absolute atomic E-state index is 13.2. The van der Waals surface area contributed by atoms with Gasteiger partial charge in [0.05, 0.1) is 11.0 Å². The summed E-state index contributed by atoms with van der Waals surface area (Å²) in [6, 6.07) is 13.3. The monoisotopic (exact) mass is 260 g/mol. The second-order valence-corrected chi connectivity index (χ2v) is 4.12. The standard InChI is InChI=1S/C14H13FN2O2/c15-12-8-13(10-14(9-12)17(18)19)16-7-6-11-4-2-1-3-5-11/h1-5,8-10,16H,6-7H2. The van der Waals surface area contributed by atoms with Crippen molar-refractivity contribution in [2.24, 2.45) is 0 Å². The first-order chi connectivity index (χ1) is 9.15. The Kier molecular flexibility index (Phi) is 4.07. The summed E-state index contributed by atoms with van der Waals surface area (Å²) in [5, 5.41) is 13.6. The lowest BCUT2D eigenvalue weighted by Gasteiger charge is -2.06. The van der Waals surface area contributed by atoms with Gasteiger partial charge in [-0.15, -0.1) is 0 Å². The molecule has 2 rings (SSSR count). The van der Waals surface area contributed by atoms with E-state index in [1.165, 1.54) is 12.1 Å². The molecule has 0 spiro atoms. The topological polar surface area (TPSA) is 55.2 Å². The van der Waals surface area contributed by atoms with Crippen molar-refractivity contribution in [3.8, 4) is 0 Å². The van der Waals surface area contributed by atoms with Crippen molar-refractivity contribution < 1.29 is 9.31 Å². The maximum Gasteiger partial charge on any atom is 0.274 e. The Labute approximate surface area is 110 Å². The van der Waals surface area contributed by atoms with Crippen LogP contribution in [0.3, 0.4) is 0 Å². The highest BCUT2D eigenvalue weighted by Gasteiger charge is 2.09. The first-order valence-electron chi connectivity index (χ1n) is 5.88. The molecule has 0 unspecified atom stereocenters. The number of nitrogens with one attached hydrogen (secondary N) is 1. The molecule has 0 radical (unpaired) electrons. The molecule has 0 saturated heterocycles. The SMILES string of the molecule is O=[N+]([O-])c1cc(F)cc(NCCc2ccccc2)c1. The molecule has 4 nitrogen and oxygen atoms in total. The second kappa shape index (κ2) is 5.95. The number of non-ortho nitro benzene ring substituents is 1. The molecule has 0 aliphatic rings. The van der Waals surface area contributed by atoms with E-state index < -0.39 is 10.7 Å². The number of nitrogens with zero attached hydrogens (tertiary/aromatic N) is 1. The van der Waals surface area contributed by atoms with Crippen molar-refractivity contribution >= 4 is 11.4 Å². The van der Waals surface area contributed by atoms with Crippen LogP contribution in [0.4, 0.5) is 15.8 Å². The molecule has 0 fully saturated rings. The van der Waals surface area contributed by atoms with Crippen molar-refractivity contribution in [2.45, 2.75) is 6.42 Å². The third-order valence-electron chi connectivity index (χ3n) is 2.68. The van der Waals surface area contributed by atoms with Crippen LogP contribution in [0, 0.1) is 15.9 Å². The number of nitro groups is 1. The summed E-state index contributed by atoms with van der Waals surface area (Å²) in [5.41, 5.74) is 1.32. The maximum atomic E-state index is 13.2. The molecule has 1 N–H and O–H groups in total. The minimum atomic E-state index is -0.614. The smallest absolute Gasteiger partial charge is 0.274 e. The number of anilines is 1. The Morgan fingerprint density at radius 3 is 2.58 bits per heavy atom. The van der Waals surface area contributed by atoms with E-state index in [-0.39, 0.29) is 5.69 Å². The minimum absolute atomic E-state index is 0.248. The summed E-state index contributed by atoms with van der Waals surface area (Å²) >= 11 is 0. The molecule has 19 heavy (non-hydrogen) atoms. The number of benzene rings is 2. The summed E-state index contributed by atoms with van der Waals surface area (Å²) in [6.07, 6.45) is 0.769. The zero-order valence-corrected chi connectivity index (χ0v) is 10.2. The van der Waals surface area contributed by atoms with Gasteiger partial charge in [0, 0.05) is 18.3 Å². The van der Waals surface area contributed by atoms with E-state index >= 15 is 0 Å². The highest BCUT2D eigenvalue weighted by molar-refractivity contribution is 5.51. The van der Waals surface area contributed by atoms with E-state index in [2.05, 4.69) is 5.32 Å². The Hall–Kier alpha value is -2.43. The molecule has 0 amide bonds. The fraction of sp³-hybridized carbons (Fsp3) is 0.143. The van der Waals surface area contributed by atoms with Crippen molar-refractivity contribution in [3.05, 3.63) is 70.0 Å². The lowest BCUT2D eigenvalue weighted by Crippen LogP contribution is -2.05. The van der Waals surface area contributed by atoms with E-state index in [0.29, 0.717) is 12.2 Å². The number of nitro benzene ring substituents is 1. The molecular formula is C14H13FN2O2. The van der Waals surface area contributed by atoms with Gasteiger partial charge in [-0.1, -0.05) is 30.3 Å². The lowest BCUT2D eigenvalue weighted by molar-refractivity contribution is -0.385. The van der Waals surface area contributed by atoms with Crippen molar-refractivity contribution in [2.75, 3.05) is 11.9 Å². The normalized spacial score (nSPS) is 10.2. The molecule has 0 aromatic heterocycles. The fourth-order valence-electron chi connectivity index (χ4n) is 1.78. The van der Waals surface area contributed by atoms with Crippen molar-refractivity contribution in [3.63, 3.8) is 0 Å². The molecule has 0 heterocycles. The fourth-order valence-corrected chi connectivity index (χ4v) is 1.78. The summed E-state index contributed by atoms with van der Waals surface area (Å²) in [5.74, 6) is -0.614. The van der Waals surface area contributed by atoms with Crippen LogP contribution in [0.15, 0.2) is 48.5 Å². The largest absolute Gasteiger partial charge is 0.384 e. The molecule has 0 aliphatic heterocycles. The Morgan fingerprint density at radius 2 is 1.89 bits per heavy atom. The summed E-state index contributed by atoms with van der Waals surface area (Å²) in [6.45, 7) is 0.588. The van der Waals surface area contributed by atoms with E-state index in [1.807, 2.05) is 30.3 Å². The van der Waals surface area contributed by atoms with Crippen LogP contribution in [-0.4, -0.2) is 11.5 Å². The Balaban J connectivity index is 1.98. The Bertz CT molecular complexity index is 573. The van der Waals surface area contributed by atoms with Gasteiger partial charge in [-0.3, -0.25) is 10.1 Å². The first-order valence-corrected chi connectivity index (χ1v) is 5.88. The van der Waals surface area contributed by atoms with Crippen LogP contribution < -0.4 is 5.32 Å². The van der Waals surface area contributed by atoms with Gasteiger partial charge in [0.1, 0.15) is 5.82 Å². The van der Waals surface area contributed by atoms with Gasteiger partial charge in [-0.2, -0.15) is 0 Å². The predicted molar refractivity (Wildman–Crippen MR) is 71.7 cm³/mol. The zero-order valence-electron chi connectivity index (χ0n) is 10.2. The molecule has 98 valence electrons. The van der Waals surface area contributed by atoms with Crippen LogP contribution >= 0.6 is 0 Å². The summed E-state index contributed by atoms with van der Waals surface area (Å²) < 4.78 is 13.2.